The molecule has 0 fully saturated rings. The number of hydrogen-bond donors (Lipinski definition) is 1. The summed E-state index contributed by atoms with van der Waals surface area (Å²) in [7, 11) is 1.51. The third-order valence-corrected chi connectivity index (χ3v) is 4.95. The number of allylic oxidation sites excluding steroid dienone is 3. The Labute approximate surface area is 162 Å². The number of rotatable bonds is 6. The van der Waals surface area contributed by atoms with Gasteiger partial charge in [-0.05, 0) is 25.3 Å². The van der Waals surface area contributed by atoms with Gasteiger partial charge in [0.1, 0.15) is 6.61 Å². The summed E-state index contributed by atoms with van der Waals surface area (Å²) in [6.45, 7) is 2.13. The van der Waals surface area contributed by atoms with Gasteiger partial charge in [-0.25, -0.2) is 4.79 Å². The first kappa shape index (κ1) is 19.8. The SMILES string of the molecule is COCCOC(=O)C1=C(C)NC2=C(C(=O)CCC2)C1c1ccc([N+](=O)[O-])cc1. The number of esters is 1. The van der Waals surface area contributed by atoms with E-state index in [2.05, 4.69) is 5.32 Å². The van der Waals surface area contributed by atoms with Crippen molar-refractivity contribution in [2.75, 3.05) is 20.3 Å². The topological polar surface area (TPSA) is 108 Å². The van der Waals surface area contributed by atoms with Crippen molar-refractivity contribution in [2.45, 2.75) is 32.1 Å². The average molecular weight is 386 g/mol. The van der Waals surface area contributed by atoms with Gasteiger partial charge in [-0.15, -0.1) is 0 Å². The lowest BCUT2D eigenvalue weighted by Gasteiger charge is -2.34. The van der Waals surface area contributed by atoms with Gasteiger partial charge in [-0.1, -0.05) is 12.1 Å². The zero-order chi connectivity index (χ0) is 20.3. The fraction of sp³-hybridized carbons (Fsp3) is 0.400. The maximum Gasteiger partial charge on any atom is 0.336 e. The Bertz CT molecular complexity index is 869. The number of Topliss-reactive ketones (excluding diaryl/α,β-unsaturated/α-hetero) is 1. The lowest BCUT2D eigenvalue weighted by molar-refractivity contribution is -0.384. The molecule has 8 nitrogen and oxygen atoms in total. The maximum atomic E-state index is 12.8. The molecule has 0 aromatic heterocycles. The third kappa shape index (κ3) is 3.82. The molecule has 0 radical (unpaired) electrons. The number of ketones is 1. The fourth-order valence-corrected chi connectivity index (χ4v) is 3.67. The molecular weight excluding hydrogens is 364 g/mol. The highest BCUT2D eigenvalue weighted by Gasteiger charge is 2.39. The minimum Gasteiger partial charge on any atom is -0.460 e. The molecule has 0 spiro atoms. The molecule has 0 amide bonds. The molecule has 148 valence electrons. The molecule has 3 rings (SSSR count). The molecular formula is C20H22N2O6. The van der Waals surface area contributed by atoms with Crippen LogP contribution in [0.15, 0.2) is 46.8 Å². The van der Waals surface area contributed by atoms with Crippen LogP contribution in [0.5, 0.6) is 0 Å². The van der Waals surface area contributed by atoms with E-state index >= 15 is 0 Å². The Kier molecular flexibility index (Phi) is 5.89. The van der Waals surface area contributed by atoms with E-state index in [1.165, 1.54) is 19.2 Å². The standard InChI is InChI=1S/C20H22N2O6/c1-12-17(20(24)28-11-10-27-2)18(13-6-8-14(9-7-13)22(25)26)19-15(21-12)4-3-5-16(19)23/h6-9,18,21H,3-5,10-11H2,1-2H3. The van der Waals surface area contributed by atoms with Crippen molar-refractivity contribution in [3.05, 3.63) is 62.5 Å². The van der Waals surface area contributed by atoms with Crippen molar-refractivity contribution in [3.8, 4) is 0 Å². The van der Waals surface area contributed by atoms with Crippen LogP contribution < -0.4 is 5.32 Å². The first-order valence-electron chi connectivity index (χ1n) is 9.08. The summed E-state index contributed by atoms with van der Waals surface area (Å²) in [4.78, 5) is 36.0. The number of nitrogens with zero attached hydrogens (tertiary/aromatic N) is 1. The number of benzene rings is 1. The van der Waals surface area contributed by atoms with Gasteiger partial charge in [-0.2, -0.15) is 0 Å². The van der Waals surface area contributed by atoms with Crippen molar-refractivity contribution in [2.24, 2.45) is 0 Å². The molecule has 1 aromatic rings. The second kappa shape index (κ2) is 8.35. The Morgan fingerprint density at radius 3 is 2.61 bits per heavy atom. The van der Waals surface area contributed by atoms with Gasteiger partial charge >= 0.3 is 5.97 Å². The van der Waals surface area contributed by atoms with Gasteiger partial charge in [0.05, 0.1) is 17.1 Å². The van der Waals surface area contributed by atoms with Crippen LogP contribution in [0.1, 0.15) is 37.7 Å². The highest BCUT2D eigenvalue weighted by atomic mass is 16.6. The molecule has 8 heteroatoms. The van der Waals surface area contributed by atoms with Gasteiger partial charge in [0.25, 0.3) is 5.69 Å². The van der Waals surface area contributed by atoms with E-state index < -0.39 is 16.8 Å². The summed E-state index contributed by atoms with van der Waals surface area (Å²) in [5.41, 5.74) is 2.92. The van der Waals surface area contributed by atoms with E-state index in [0.717, 1.165) is 12.1 Å². The zero-order valence-corrected chi connectivity index (χ0v) is 15.8. The minimum absolute atomic E-state index is 0.0215. The van der Waals surface area contributed by atoms with Crippen LogP contribution in [0.3, 0.4) is 0 Å². The Hall–Kier alpha value is -3.00. The lowest BCUT2D eigenvalue weighted by Crippen LogP contribution is -2.34. The van der Waals surface area contributed by atoms with Crippen LogP contribution in [0.2, 0.25) is 0 Å². The molecule has 2 aliphatic rings. The largest absolute Gasteiger partial charge is 0.460 e. The fourth-order valence-electron chi connectivity index (χ4n) is 3.67. The summed E-state index contributed by atoms with van der Waals surface area (Å²) >= 11 is 0. The molecule has 1 unspecified atom stereocenters. The van der Waals surface area contributed by atoms with E-state index in [0.29, 0.717) is 35.2 Å². The van der Waals surface area contributed by atoms with Crippen LogP contribution in [0.25, 0.3) is 0 Å². The monoisotopic (exact) mass is 386 g/mol. The highest BCUT2D eigenvalue weighted by molar-refractivity contribution is 6.03. The molecule has 0 saturated carbocycles. The normalized spacial score (nSPS) is 19.2. The molecule has 1 heterocycles. The summed E-state index contributed by atoms with van der Waals surface area (Å²) < 4.78 is 10.2. The number of methoxy groups -OCH3 is 1. The first-order chi connectivity index (χ1) is 13.4. The van der Waals surface area contributed by atoms with Crippen molar-refractivity contribution in [3.63, 3.8) is 0 Å². The van der Waals surface area contributed by atoms with Crippen LogP contribution in [-0.4, -0.2) is 37.0 Å². The summed E-state index contributed by atoms with van der Waals surface area (Å²) in [5, 5.41) is 14.2. The van der Waals surface area contributed by atoms with Crippen LogP contribution >= 0.6 is 0 Å². The van der Waals surface area contributed by atoms with Crippen molar-refractivity contribution >= 4 is 17.4 Å². The lowest BCUT2D eigenvalue weighted by atomic mass is 9.75. The van der Waals surface area contributed by atoms with Crippen LogP contribution in [0, 0.1) is 10.1 Å². The highest BCUT2D eigenvalue weighted by Crippen LogP contribution is 2.42. The molecule has 0 saturated heterocycles. The Morgan fingerprint density at radius 2 is 1.96 bits per heavy atom. The van der Waals surface area contributed by atoms with Gasteiger partial charge in [0.2, 0.25) is 0 Å². The molecule has 1 N–H and O–H groups in total. The number of nitro benzene ring substituents is 1. The third-order valence-electron chi connectivity index (χ3n) is 4.95. The number of nitrogens with one attached hydrogen (secondary N) is 1. The van der Waals surface area contributed by atoms with Crippen molar-refractivity contribution in [1.29, 1.82) is 0 Å². The number of nitro groups is 1. The van der Waals surface area contributed by atoms with Gasteiger partial charge in [-0.3, -0.25) is 14.9 Å². The average Bonchev–Trinajstić information content (AvgIpc) is 2.67. The van der Waals surface area contributed by atoms with Gasteiger partial charge < -0.3 is 14.8 Å². The maximum absolute atomic E-state index is 12.8. The summed E-state index contributed by atoms with van der Waals surface area (Å²) in [5.74, 6) is -1.16. The molecule has 1 aliphatic heterocycles. The first-order valence-corrected chi connectivity index (χ1v) is 9.08. The van der Waals surface area contributed by atoms with E-state index in [1.54, 1.807) is 19.1 Å². The number of non-ortho nitro benzene ring substituents is 1. The predicted molar refractivity (Wildman–Crippen MR) is 100 cm³/mol. The molecule has 1 aromatic carbocycles. The zero-order valence-electron chi connectivity index (χ0n) is 15.8. The van der Waals surface area contributed by atoms with Crippen LogP contribution in [-0.2, 0) is 19.1 Å². The number of carbonyl (C=O) groups excluding carboxylic acids is 2. The molecule has 0 bridgehead atoms. The van der Waals surface area contributed by atoms with Gasteiger partial charge in [0.15, 0.2) is 5.78 Å². The molecule has 1 atom stereocenters. The van der Waals surface area contributed by atoms with E-state index in [-0.39, 0.29) is 24.7 Å². The van der Waals surface area contributed by atoms with Crippen LogP contribution in [0.4, 0.5) is 5.69 Å². The second-order valence-electron chi connectivity index (χ2n) is 6.74. The second-order valence-corrected chi connectivity index (χ2v) is 6.74. The smallest absolute Gasteiger partial charge is 0.336 e. The number of ether oxygens (including phenoxy) is 2. The molecule has 28 heavy (non-hydrogen) atoms. The molecule has 1 aliphatic carbocycles. The van der Waals surface area contributed by atoms with E-state index in [1.807, 2.05) is 0 Å². The van der Waals surface area contributed by atoms with Crippen molar-refractivity contribution < 1.29 is 24.0 Å². The van der Waals surface area contributed by atoms with E-state index in [9.17, 15) is 19.7 Å². The summed E-state index contributed by atoms with van der Waals surface area (Å²) in [6.07, 6.45) is 1.88. The predicted octanol–water partition coefficient (Wildman–Crippen LogP) is 2.75. The van der Waals surface area contributed by atoms with E-state index in [4.69, 9.17) is 9.47 Å². The quantitative estimate of drug-likeness (QED) is 0.347. The number of carbonyl (C=O) groups is 2. The van der Waals surface area contributed by atoms with Crippen molar-refractivity contribution in [1.82, 2.24) is 5.32 Å². The van der Waals surface area contributed by atoms with Gasteiger partial charge in [0, 0.05) is 48.5 Å². The Balaban J connectivity index is 2.04. The number of dihydropyridines is 1. The Morgan fingerprint density at radius 1 is 1.25 bits per heavy atom. The number of hydrogen-bond acceptors (Lipinski definition) is 7. The minimum atomic E-state index is -0.611. The summed E-state index contributed by atoms with van der Waals surface area (Å²) in [6, 6.07) is 5.95.